The van der Waals surface area contributed by atoms with Gasteiger partial charge in [-0.05, 0) is 11.8 Å². The van der Waals surface area contributed by atoms with E-state index in [1.165, 1.54) is 0 Å². The summed E-state index contributed by atoms with van der Waals surface area (Å²) in [6.07, 6.45) is 1.34. The van der Waals surface area contributed by atoms with Crippen LogP contribution < -0.4 is 0 Å². The maximum atomic E-state index is 11.1. The number of carboxylic acids is 1. The van der Waals surface area contributed by atoms with Crippen molar-refractivity contribution in [3.05, 3.63) is 0 Å². The van der Waals surface area contributed by atoms with Gasteiger partial charge in [0.25, 0.3) is 0 Å². The van der Waals surface area contributed by atoms with Crippen molar-refractivity contribution >= 4 is 11.8 Å². The molecular weight excluding hydrogens is 156 g/mol. The van der Waals surface area contributed by atoms with E-state index in [4.69, 9.17) is 5.11 Å². The summed E-state index contributed by atoms with van der Waals surface area (Å²) in [6, 6.07) is 0. The quantitative estimate of drug-likeness (QED) is 0.648. The number of aliphatic carboxylic acids is 1. The van der Waals surface area contributed by atoms with Crippen LogP contribution in [0, 0.1) is 11.3 Å². The first-order chi connectivity index (χ1) is 5.43. The molecule has 0 saturated heterocycles. The van der Waals surface area contributed by atoms with E-state index in [2.05, 4.69) is 0 Å². The highest BCUT2D eigenvalue weighted by molar-refractivity contribution is 5.83. The Balaban J connectivity index is 2.77. The van der Waals surface area contributed by atoms with Gasteiger partial charge in [0.2, 0.25) is 0 Å². The first kappa shape index (κ1) is 9.23. The van der Waals surface area contributed by atoms with Gasteiger partial charge in [-0.3, -0.25) is 9.59 Å². The Bertz CT molecular complexity index is 218. The van der Waals surface area contributed by atoms with Gasteiger partial charge in [0.15, 0.2) is 0 Å². The smallest absolute Gasteiger partial charge is 0.307 e. The van der Waals surface area contributed by atoms with Crippen molar-refractivity contribution in [3.8, 4) is 0 Å². The number of carbonyl (C=O) groups excluding carboxylic acids is 1. The fourth-order valence-corrected chi connectivity index (χ4v) is 1.87. The number of ketones is 1. The summed E-state index contributed by atoms with van der Waals surface area (Å²) in [5, 5.41) is 8.85. The molecule has 1 aliphatic carbocycles. The second-order valence-corrected chi connectivity index (χ2v) is 4.13. The molecule has 1 rings (SSSR count). The Labute approximate surface area is 71.8 Å². The minimum Gasteiger partial charge on any atom is -0.481 e. The van der Waals surface area contributed by atoms with Crippen LogP contribution in [0.25, 0.3) is 0 Å². The molecule has 0 aromatic carbocycles. The summed E-state index contributed by atoms with van der Waals surface area (Å²) in [7, 11) is 0. The molecule has 1 saturated carbocycles. The molecule has 3 heteroatoms. The van der Waals surface area contributed by atoms with Crippen molar-refractivity contribution < 1.29 is 14.7 Å². The molecule has 0 aromatic heterocycles. The highest BCUT2D eigenvalue weighted by atomic mass is 16.4. The molecule has 68 valence electrons. The zero-order chi connectivity index (χ0) is 9.35. The van der Waals surface area contributed by atoms with Gasteiger partial charge in [0.05, 0.1) is 5.92 Å². The van der Waals surface area contributed by atoms with Gasteiger partial charge in [-0.15, -0.1) is 0 Å². The van der Waals surface area contributed by atoms with Gasteiger partial charge in [-0.25, -0.2) is 0 Å². The normalized spacial score (nSPS) is 28.5. The Hall–Kier alpha value is -0.860. The van der Waals surface area contributed by atoms with Gasteiger partial charge in [0, 0.05) is 12.8 Å². The lowest BCUT2D eigenvalue weighted by Crippen LogP contribution is -2.37. The van der Waals surface area contributed by atoms with Crippen LogP contribution >= 0.6 is 0 Å². The lowest BCUT2D eigenvalue weighted by molar-refractivity contribution is -0.149. The van der Waals surface area contributed by atoms with Gasteiger partial charge in [-0.2, -0.15) is 0 Å². The maximum absolute atomic E-state index is 11.1. The standard InChI is InChI=1S/C9H14O3/c1-9(2)5-6(10)3-4-7(9)8(11)12/h7H,3-5H2,1-2H3,(H,11,12)/t7-/m0/s1. The minimum atomic E-state index is -0.771. The molecule has 0 spiro atoms. The van der Waals surface area contributed by atoms with Gasteiger partial charge >= 0.3 is 5.97 Å². The second kappa shape index (κ2) is 2.88. The third kappa shape index (κ3) is 1.65. The van der Waals surface area contributed by atoms with E-state index in [-0.39, 0.29) is 17.1 Å². The third-order valence-electron chi connectivity index (χ3n) is 2.61. The summed E-state index contributed by atoms with van der Waals surface area (Å²) in [5.74, 6) is -0.930. The van der Waals surface area contributed by atoms with Crippen molar-refractivity contribution in [2.75, 3.05) is 0 Å². The lowest BCUT2D eigenvalue weighted by atomic mass is 9.68. The SMILES string of the molecule is CC1(C)CC(=O)CC[C@H]1C(=O)O. The summed E-state index contributed by atoms with van der Waals surface area (Å²) in [5.41, 5.74) is -0.360. The zero-order valence-corrected chi connectivity index (χ0v) is 7.46. The summed E-state index contributed by atoms with van der Waals surface area (Å²) in [6.45, 7) is 3.70. The number of hydrogen-bond acceptors (Lipinski definition) is 2. The summed E-state index contributed by atoms with van der Waals surface area (Å²) < 4.78 is 0. The molecule has 0 aliphatic heterocycles. The average Bonchev–Trinajstić information content (AvgIpc) is 1.82. The number of rotatable bonds is 1. The highest BCUT2D eigenvalue weighted by Gasteiger charge is 2.40. The number of hydrogen-bond donors (Lipinski definition) is 1. The average molecular weight is 170 g/mol. The van der Waals surface area contributed by atoms with Crippen LogP contribution in [-0.2, 0) is 9.59 Å². The zero-order valence-electron chi connectivity index (χ0n) is 7.46. The van der Waals surface area contributed by atoms with Crippen LogP contribution in [0.1, 0.15) is 33.1 Å². The molecule has 0 amide bonds. The molecule has 0 unspecified atom stereocenters. The predicted octanol–water partition coefficient (Wildman–Crippen LogP) is 1.47. The van der Waals surface area contributed by atoms with Crippen LogP contribution in [0.15, 0.2) is 0 Å². The predicted molar refractivity (Wildman–Crippen MR) is 43.8 cm³/mol. The fourth-order valence-electron chi connectivity index (χ4n) is 1.87. The number of carbonyl (C=O) groups is 2. The van der Waals surface area contributed by atoms with E-state index < -0.39 is 5.97 Å². The van der Waals surface area contributed by atoms with E-state index in [1.54, 1.807) is 0 Å². The molecule has 1 N–H and O–H groups in total. The first-order valence-electron chi connectivity index (χ1n) is 4.18. The van der Waals surface area contributed by atoms with Crippen LogP contribution in [0.2, 0.25) is 0 Å². The topological polar surface area (TPSA) is 54.4 Å². The Kier molecular flexibility index (Phi) is 2.22. The van der Waals surface area contributed by atoms with Crippen molar-refractivity contribution in [1.82, 2.24) is 0 Å². The fraction of sp³-hybridized carbons (Fsp3) is 0.778. The molecule has 12 heavy (non-hydrogen) atoms. The van der Waals surface area contributed by atoms with Gasteiger partial charge in [0.1, 0.15) is 5.78 Å². The van der Waals surface area contributed by atoms with E-state index in [1.807, 2.05) is 13.8 Å². The van der Waals surface area contributed by atoms with Gasteiger partial charge in [-0.1, -0.05) is 13.8 Å². The molecule has 1 aliphatic rings. The Morgan fingerprint density at radius 2 is 2.17 bits per heavy atom. The highest BCUT2D eigenvalue weighted by Crippen LogP contribution is 2.38. The third-order valence-corrected chi connectivity index (χ3v) is 2.61. The molecule has 0 aromatic rings. The van der Waals surface area contributed by atoms with E-state index in [0.717, 1.165) is 0 Å². The molecule has 1 atom stereocenters. The van der Waals surface area contributed by atoms with Crippen molar-refractivity contribution in [2.24, 2.45) is 11.3 Å². The molecular formula is C9H14O3. The first-order valence-corrected chi connectivity index (χ1v) is 4.18. The molecule has 0 heterocycles. The molecule has 3 nitrogen and oxygen atoms in total. The molecule has 1 fully saturated rings. The lowest BCUT2D eigenvalue weighted by Gasteiger charge is -2.34. The number of Topliss-reactive ketones (excluding diaryl/α,β-unsaturated/α-hetero) is 1. The van der Waals surface area contributed by atoms with Crippen molar-refractivity contribution in [1.29, 1.82) is 0 Å². The summed E-state index contributed by atoms with van der Waals surface area (Å²) >= 11 is 0. The minimum absolute atomic E-state index is 0.192. The van der Waals surface area contributed by atoms with E-state index in [0.29, 0.717) is 19.3 Å². The van der Waals surface area contributed by atoms with Crippen molar-refractivity contribution in [3.63, 3.8) is 0 Å². The van der Waals surface area contributed by atoms with Crippen LogP contribution in [-0.4, -0.2) is 16.9 Å². The summed E-state index contributed by atoms with van der Waals surface area (Å²) in [4.78, 5) is 21.8. The largest absolute Gasteiger partial charge is 0.481 e. The molecule has 0 radical (unpaired) electrons. The second-order valence-electron chi connectivity index (χ2n) is 4.13. The Morgan fingerprint density at radius 1 is 1.58 bits per heavy atom. The van der Waals surface area contributed by atoms with Crippen LogP contribution in [0.5, 0.6) is 0 Å². The van der Waals surface area contributed by atoms with E-state index in [9.17, 15) is 9.59 Å². The number of carboxylic acid groups (broad SMARTS) is 1. The van der Waals surface area contributed by atoms with E-state index >= 15 is 0 Å². The van der Waals surface area contributed by atoms with Gasteiger partial charge < -0.3 is 5.11 Å². The van der Waals surface area contributed by atoms with Crippen LogP contribution in [0.3, 0.4) is 0 Å². The van der Waals surface area contributed by atoms with Crippen molar-refractivity contribution in [2.45, 2.75) is 33.1 Å². The molecule has 0 bridgehead atoms. The monoisotopic (exact) mass is 170 g/mol. The van der Waals surface area contributed by atoms with Crippen LogP contribution in [0.4, 0.5) is 0 Å². The maximum Gasteiger partial charge on any atom is 0.307 e. The Morgan fingerprint density at radius 3 is 2.58 bits per heavy atom.